The molecule has 126 valence electrons. The highest BCUT2D eigenvalue weighted by Gasteiger charge is 2.17. The van der Waals surface area contributed by atoms with E-state index >= 15 is 0 Å². The molecule has 0 aliphatic carbocycles. The summed E-state index contributed by atoms with van der Waals surface area (Å²) in [6.45, 7) is 4.12. The summed E-state index contributed by atoms with van der Waals surface area (Å²) >= 11 is 3.36. The summed E-state index contributed by atoms with van der Waals surface area (Å²) in [7, 11) is 0. The first-order chi connectivity index (χ1) is 11.4. The van der Waals surface area contributed by atoms with Gasteiger partial charge in [0, 0.05) is 28.7 Å². The third-order valence-corrected chi connectivity index (χ3v) is 3.80. The predicted molar refractivity (Wildman–Crippen MR) is 97.2 cm³/mol. The SMILES string of the molecule is CC(C)NC(=O)c1ccc(NCc2ccc(Br)cc2)c([N+](=O)[O-])c1. The zero-order chi connectivity index (χ0) is 17.7. The Morgan fingerprint density at radius 1 is 1.21 bits per heavy atom. The molecule has 2 aromatic carbocycles. The molecule has 0 atom stereocenters. The average Bonchev–Trinajstić information content (AvgIpc) is 2.53. The lowest BCUT2D eigenvalue weighted by Crippen LogP contribution is -2.30. The third-order valence-electron chi connectivity index (χ3n) is 3.27. The molecule has 6 nitrogen and oxygen atoms in total. The first-order valence-electron chi connectivity index (χ1n) is 7.44. The second kappa shape index (κ2) is 7.92. The molecule has 0 heterocycles. The number of halogens is 1. The maximum Gasteiger partial charge on any atom is 0.293 e. The van der Waals surface area contributed by atoms with Gasteiger partial charge in [-0.3, -0.25) is 14.9 Å². The molecule has 2 rings (SSSR count). The Morgan fingerprint density at radius 2 is 1.88 bits per heavy atom. The van der Waals surface area contributed by atoms with Crippen molar-refractivity contribution in [3.8, 4) is 0 Å². The van der Waals surface area contributed by atoms with Gasteiger partial charge in [0.05, 0.1) is 4.92 Å². The predicted octanol–water partition coefficient (Wildman–Crippen LogP) is 4.11. The lowest BCUT2D eigenvalue weighted by atomic mass is 10.1. The molecular weight excluding hydrogens is 374 g/mol. The average molecular weight is 392 g/mol. The summed E-state index contributed by atoms with van der Waals surface area (Å²) in [6.07, 6.45) is 0. The van der Waals surface area contributed by atoms with Crippen LogP contribution in [0.3, 0.4) is 0 Å². The zero-order valence-corrected chi connectivity index (χ0v) is 15.0. The molecule has 0 aliphatic rings. The van der Waals surface area contributed by atoms with Crippen LogP contribution < -0.4 is 10.6 Å². The van der Waals surface area contributed by atoms with Crippen LogP contribution in [0.4, 0.5) is 11.4 Å². The number of amides is 1. The van der Waals surface area contributed by atoms with Gasteiger partial charge in [-0.05, 0) is 43.7 Å². The van der Waals surface area contributed by atoms with E-state index in [1.54, 1.807) is 12.1 Å². The summed E-state index contributed by atoms with van der Waals surface area (Å²) in [5, 5.41) is 17.1. The topological polar surface area (TPSA) is 84.3 Å². The Labute approximate surface area is 148 Å². The molecule has 0 bridgehead atoms. The van der Waals surface area contributed by atoms with Gasteiger partial charge in [-0.25, -0.2) is 0 Å². The van der Waals surface area contributed by atoms with Crippen LogP contribution in [0.25, 0.3) is 0 Å². The molecule has 0 saturated heterocycles. The van der Waals surface area contributed by atoms with Crippen LogP contribution in [0.5, 0.6) is 0 Å². The van der Waals surface area contributed by atoms with E-state index in [1.165, 1.54) is 6.07 Å². The quantitative estimate of drug-likeness (QED) is 0.573. The first kappa shape index (κ1) is 17.9. The molecule has 2 aromatic rings. The van der Waals surface area contributed by atoms with E-state index in [-0.39, 0.29) is 23.2 Å². The van der Waals surface area contributed by atoms with Crippen LogP contribution in [0.2, 0.25) is 0 Å². The van der Waals surface area contributed by atoms with Crippen LogP contribution in [-0.4, -0.2) is 16.9 Å². The Morgan fingerprint density at radius 3 is 2.46 bits per heavy atom. The van der Waals surface area contributed by atoms with E-state index in [0.717, 1.165) is 10.0 Å². The number of carbonyl (C=O) groups is 1. The van der Waals surface area contributed by atoms with Crippen LogP contribution in [0.1, 0.15) is 29.8 Å². The minimum atomic E-state index is -0.490. The summed E-state index contributed by atoms with van der Waals surface area (Å²) in [4.78, 5) is 22.8. The van der Waals surface area contributed by atoms with E-state index in [4.69, 9.17) is 0 Å². The number of carbonyl (C=O) groups excluding carboxylic acids is 1. The maximum absolute atomic E-state index is 12.0. The monoisotopic (exact) mass is 391 g/mol. The van der Waals surface area contributed by atoms with Gasteiger partial charge in [0.25, 0.3) is 11.6 Å². The van der Waals surface area contributed by atoms with Crippen LogP contribution in [-0.2, 0) is 6.54 Å². The Bertz CT molecular complexity index is 745. The van der Waals surface area contributed by atoms with Gasteiger partial charge in [0.1, 0.15) is 5.69 Å². The number of hydrogen-bond donors (Lipinski definition) is 2. The minimum Gasteiger partial charge on any atom is -0.375 e. The fourth-order valence-corrected chi connectivity index (χ4v) is 2.38. The normalized spacial score (nSPS) is 10.5. The fourth-order valence-electron chi connectivity index (χ4n) is 2.12. The van der Waals surface area contributed by atoms with Gasteiger partial charge in [-0.1, -0.05) is 28.1 Å². The van der Waals surface area contributed by atoms with Gasteiger partial charge < -0.3 is 10.6 Å². The summed E-state index contributed by atoms with van der Waals surface area (Å²) in [5.41, 5.74) is 1.52. The van der Waals surface area contributed by atoms with Crippen molar-refractivity contribution in [2.24, 2.45) is 0 Å². The van der Waals surface area contributed by atoms with Crippen molar-refractivity contribution in [2.45, 2.75) is 26.4 Å². The minimum absolute atomic E-state index is 0.0354. The molecule has 0 saturated carbocycles. The highest BCUT2D eigenvalue weighted by Crippen LogP contribution is 2.26. The molecule has 2 N–H and O–H groups in total. The molecule has 0 fully saturated rings. The molecule has 0 spiro atoms. The molecule has 0 unspecified atom stereocenters. The number of nitrogens with zero attached hydrogens (tertiary/aromatic N) is 1. The van der Waals surface area contributed by atoms with Crippen LogP contribution in [0.15, 0.2) is 46.9 Å². The van der Waals surface area contributed by atoms with E-state index in [0.29, 0.717) is 12.2 Å². The van der Waals surface area contributed by atoms with Gasteiger partial charge in [-0.15, -0.1) is 0 Å². The zero-order valence-electron chi connectivity index (χ0n) is 13.4. The molecule has 0 radical (unpaired) electrons. The van der Waals surface area contributed by atoms with Crippen molar-refractivity contribution in [2.75, 3.05) is 5.32 Å². The second-order valence-electron chi connectivity index (χ2n) is 5.60. The Kier molecular flexibility index (Phi) is 5.92. The van der Waals surface area contributed by atoms with Gasteiger partial charge in [-0.2, -0.15) is 0 Å². The Balaban J connectivity index is 2.18. The summed E-state index contributed by atoms with van der Waals surface area (Å²) in [6, 6.07) is 12.1. The lowest BCUT2D eigenvalue weighted by Gasteiger charge is -2.11. The summed E-state index contributed by atoms with van der Waals surface area (Å²) in [5.74, 6) is -0.326. The number of hydrogen-bond acceptors (Lipinski definition) is 4. The van der Waals surface area contributed by atoms with E-state index in [1.807, 2.05) is 38.1 Å². The van der Waals surface area contributed by atoms with Crippen molar-refractivity contribution in [1.82, 2.24) is 5.32 Å². The van der Waals surface area contributed by atoms with Gasteiger partial charge >= 0.3 is 0 Å². The smallest absolute Gasteiger partial charge is 0.293 e. The number of nitro groups is 1. The molecule has 0 aliphatic heterocycles. The molecule has 0 aromatic heterocycles. The molecule has 1 amide bonds. The first-order valence-corrected chi connectivity index (χ1v) is 8.23. The second-order valence-corrected chi connectivity index (χ2v) is 6.51. The van der Waals surface area contributed by atoms with E-state index < -0.39 is 4.92 Å². The van der Waals surface area contributed by atoms with E-state index in [2.05, 4.69) is 26.6 Å². The van der Waals surface area contributed by atoms with Crippen molar-refractivity contribution in [3.05, 3.63) is 68.2 Å². The van der Waals surface area contributed by atoms with Gasteiger partial charge in [0.15, 0.2) is 0 Å². The number of nitro benzene ring substituents is 1. The fraction of sp³-hybridized carbons (Fsp3) is 0.235. The van der Waals surface area contributed by atoms with Crippen molar-refractivity contribution in [1.29, 1.82) is 0 Å². The van der Waals surface area contributed by atoms with E-state index in [9.17, 15) is 14.9 Å². The maximum atomic E-state index is 12.0. The van der Waals surface area contributed by atoms with Crippen molar-refractivity contribution in [3.63, 3.8) is 0 Å². The van der Waals surface area contributed by atoms with Crippen LogP contribution >= 0.6 is 15.9 Å². The molecule has 7 heteroatoms. The largest absolute Gasteiger partial charge is 0.375 e. The third kappa shape index (κ3) is 4.79. The van der Waals surface area contributed by atoms with Gasteiger partial charge in [0.2, 0.25) is 0 Å². The standard InChI is InChI=1S/C17H18BrN3O3/c1-11(2)20-17(22)13-5-8-15(16(9-13)21(23)24)19-10-12-3-6-14(18)7-4-12/h3-9,11,19H,10H2,1-2H3,(H,20,22). The number of nitrogens with one attached hydrogen (secondary N) is 2. The lowest BCUT2D eigenvalue weighted by molar-refractivity contribution is -0.384. The van der Waals surface area contributed by atoms with Crippen LogP contribution in [0, 0.1) is 10.1 Å². The number of benzene rings is 2. The molecular formula is C17H18BrN3O3. The molecule has 24 heavy (non-hydrogen) atoms. The Hall–Kier alpha value is -2.41. The number of anilines is 1. The van der Waals surface area contributed by atoms with Crippen molar-refractivity contribution >= 4 is 33.2 Å². The van der Waals surface area contributed by atoms with Crippen molar-refractivity contribution < 1.29 is 9.72 Å². The number of rotatable bonds is 6. The highest BCUT2D eigenvalue weighted by atomic mass is 79.9. The summed E-state index contributed by atoms with van der Waals surface area (Å²) < 4.78 is 0.970. The highest BCUT2D eigenvalue weighted by molar-refractivity contribution is 9.10.